The molecule has 0 saturated heterocycles. The molecule has 4 aromatic heterocycles. The van der Waals surface area contributed by atoms with Crippen LogP contribution in [0.3, 0.4) is 0 Å². The van der Waals surface area contributed by atoms with Gasteiger partial charge in [-0.2, -0.15) is 10.2 Å². The van der Waals surface area contributed by atoms with Crippen molar-refractivity contribution in [3.8, 4) is 22.3 Å². The summed E-state index contributed by atoms with van der Waals surface area (Å²) in [4.78, 5) is 14.2. The number of hydrogen-bond donors (Lipinski definition) is 2. The van der Waals surface area contributed by atoms with Crippen LogP contribution in [0.4, 0.5) is 11.6 Å². The van der Waals surface area contributed by atoms with Gasteiger partial charge in [0, 0.05) is 42.8 Å². The Hall–Kier alpha value is -4.59. The van der Waals surface area contributed by atoms with Gasteiger partial charge in [-0.1, -0.05) is 12.1 Å². The van der Waals surface area contributed by atoms with E-state index in [-0.39, 0.29) is 5.43 Å². The third-order valence-corrected chi connectivity index (χ3v) is 7.41. The maximum absolute atomic E-state index is 14.2. The van der Waals surface area contributed by atoms with E-state index in [1.54, 1.807) is 9.36 Å². The molecule has 1 saturated carbocycles. The van der Waals surface area contributed by atoms with Crippen molar-refractivity contribution < 1.29 is 0 Å². The first-order valence-corrected chi connectivity index (χ1v) is 12.0. The first-order valence-electron chi connectivity index (χ1n) is 12.0. The first kappa shape index (κ1) is 20.8. The summed E-state index contributed by atoms with van der Waals surface area (Å²) in [5.41, 5.74) is 19.1. The molecule has 178 valence electrons. The van der Waals surface area contributed by atoms with E-state index in [4.69, 9.17) is 11.5 Å². The van der Waals surface area contributed by atoms with Crippen molar-refractivity contribution in [3.63, 3.8) is 0 Å². The summed E-state index contributed by atoms with van der Waals surface area (Å²) in [6.07, 6.45) is 6.36. The Morgan fingerprint density at radius 1 is 0.833 bits per heavy atom. The number of rotatable bonds is 3. The standard InChI is InChI=1S/C28H25N7O/c1-33-27(29)19-11-17(5-7-22(19)31-33)21-14-35-10-9-16(15-3-4-15)13-24(35)25(26(21)36)18-6-8-23-20(12-18)28(30)34(2)32-23/h5-15H,3-4,29-30H2,1-2H3. The molecule has 0 radical (unpaired) electrons. The average molecular weight is 476 g/mol. The van der Waals surface area contributed by atoms with Crippen LogP contribution in [0.2, 0.25) is 0 Å². The maximum Gasteiger partial charge on any atom is 0.197 e. The van der Waals surface area contributed by atoms with Crippen LogP contribution < -0.4 is 16.9 Å². The molecule has 2 aromatic carbocycles. The predicted molar refractivity (Wildman–Crippen MR) is 144 cm³/mol. The highest BCUT2D eigenvalue weighted by Crippen LogP contribution is 2.41. The number of benzene rings is 2. The van der Waals surface area contributed by atoms with Gasteiger partial charge in [-0.25, -0.2) is 0 Å². The summed E-state index contributed by atoms with van der Waals surface area (Å²) >= 11 is 0. The number of aromatic nitrogens is 5. The molecule has 4 heterocycles. The van der Waals surface area contributed by atoms with Crippen molar-refractivity contribution in [3.05, 3.63) is 76.7 Å². The minimum Gasteiger partial charge on any atom is -0.383 e. The van der Waals surface area contributed by atoms with Gasteiger partial charge in [-0.05, 0) is 71.8 Å². The lowest BCUT2D eigenvalue weighted by Gasteiger charge is -2.13. The molecule has 0 bridgehead atoms. The van der Waals surface area contributed by atoms with E-state index < -0.39 is 0 Å². The summed E-state index contributed by atoms with van der Waals surface area (Å²) in [7, 11) is 3.64. The van der Waals surface area contributed by atoms with Crippen LogP contribution in [-0.4, -0.2) is 24.0 Å². The highest BCUT2D eigenvalue weighted by Gasteiger charge is 2.25. The second-order valence-electron chi connectivity index (χ2n) is 9.76. The van der Waals surface area contributed by atoms with Gasteiger partial charge in [0.15, 0.2) is 5.43 Å². The second kappa shape index (κ2) is 7.21. The Morgan fingerprint density at radius 2 is 1.44 bits per heavy atom. The van der Waals surface area contributed by atoms with Crippen LogP contribution in [0.5, 0.6) is 0 Å². The van der Waals surface area contributed by atoms with Crippen molar-refractivity contribution in [1.29, 1.82) is 0 Å². The van der Waals surface area contributed by atoms with E-state index in [2.05, 4.69) is 28.5 Å². The number of aryl methyl sites for hydroxylation is 2. The largest absolute Gasteiger partial charge is 0.383 e. The zero-order valence-electron chi connectivity index (χ0n) is 20.1. The van der Waals surface area contributed by atoms with E-state index in [0.29, 0.717) is 28.7 Å². The fraction of sp³-hybridized carbons (Fsp3) is 0.179. The third kappa shape index (κ3) is 2.97. The Kier molecular flexibility index (Phi) is 4.16. The van der Waals surface area contributed by atoms with Crippen molar-refractivity contribution in [1.82, 2.24) is 24.0 Å². The normalized spacial score (nSPS) is 13.8. The van der Waals surface area contributed by atoms with Crippen LogP contribution in [0.25, 0.3) is 49.6 Å². The molecule has 0 atom stereocenters. The molecule has 1 aliphatic rings. The molecule has 8 nitrogen and oxygen atoms in total. The lowest BCUT2D eigenvalue weighted by molar-refractivity contribution is 0.791. The zero-order valence-corrected chi connectivity index (χ0v) is 20.1. The number of fused-ring (bicyclic) bond motifs is 3. The molecule has 36 heavy (non-hydrogen) atoms. The number of hydrogen-bond acceptors (Lipinski definition) is 5. The molecule has 1 fully saturated rings. The molecule has 0 amide bonds. The van der Waals surface area contributed by atoms with Crippen molar-refractivity contribution in [2.24, 2.45) is 14.1 Å². The van der Waals surface area contributed by atoms with Crippen LogP contribution in [-0.2, 0) is 14.1 Å². The van der Waals surface area contributed by atoms with E-state index in [1.165, 1.54) is 18.4 Å². The molecule has 0 spiro atoms. The molecule has 8 heteroatoms. The van der Waals surface area contributed by atoms with E-state index in [0.717, 1.165) is 38.4 Å². The summed E-state index contributed by atoms with van der Waals surface area (Å²) in [6, 6.07) is 16.0. The van der Waals surface area contributed by atoms with Gasteiger partial charge in [0.05, 0.1) is 22.1 Å². The molecule has 7 rings (SSSR count). The lowest BCUT2D eigenvalue weighted by atomic mass is 9.96. The van der Waals surface area contributed by atoms with E-state index in [1.807, 2.05) is 61.1 Å². The first-order chi connectivity index (χ1) is 17.4. The number of pyridine rings is 2. The van der Waals surface area contributed by atoms with Gasteiger partial charge in [-0.15, -0.1) is 0 Å². The lowest BCUT2D eigenvalue weighted by Crippen LogP contribution is -2.12. The molecular formula is C28H25N7O. The van der Waals surface area contributed by atoms with Gasteiger partial charge >= 0.3 is 0 Å². The van der Waals surface area contributed by atoms with E-state index >= 15 is 0 Å². The number of nitrogen functional groups attached to an aromatic ring is 2. The SMILES string of the molecule is Cn1nc2ccc(-c3cn4ccc(C5CC5)cc4c(-c4ccc5nn(C)c(N)c5c4)c3=O)cc2c1N. The van der Waals surface area contributed by atoms with Gasteiger partial charge in [0.1, 0.15) is 11.6 Å². The summed E-state index contributed by atoms with van der Waals surface area (Å²) in [6.45, 7) is 0. The minimum absolute atomic E-state index is 0.0356. The monoisotopic (exact) mass is 475 g/mol. The Labute approximate surface area is 206 Å². The minimum atomic E-state index is -0.0356. The third-order valence-electron chi connectivity index (χ3n) is 7.41. The van der Waals surface area contributed by atoms with Crippen molar-refractivity contribution in [2.45, 2.75) is 18.8 Å². The van der Waals surface area contributed by atoms with Crippen LogP contribution in [0.1, 0.15) is 24.3 Å². The molecule has 6 aromatic rings. The Morgan fingerprint density at radius 3 is 2.08 bits per heavy atom. The number of nitrogens with two attached hydrogens (primary N) is 2. The molecule has 1 aliphatic carbocycles. The molecular weight excluding hydrogens is 450 g/mol. The fourth-order valence-corrected chi connectivity index (χ4v) is 5.20. The number of nitrogens with zero attached hydrogens (tertiary/aromatic N) is 5. The quantitative estimate of drug-likeness (QED) is 0.393. The fourth-order valence-electron chi connectivity index (χ4n) is 5.20. The van der Waals surface area contributed by atoms with Gasteiger partial charge in [-0.3, -0.25) is 14.2 Å². The second-order valence-corrected chi connectivity index (χ2v) is 9.76. The van der Waals surface area contributed by atoms with Gasteiger partial charge in [0.2, 0.25) is 0 Å². The average Bonchev–Trinajstić information content (AvgIpc) is 3.64. The van der Waals surface area contributed by atoms with Gasteiger partial charge < -0.3 is 15.9 Å². The van der Waals surface area contributed by atoms with Crippen LogP contribution in [0.15, 0.2) is 65.7 Å². The van der Waals surface area contributed by atoms with E-state index in [9.17, 15) is 4.79 Å². The molecule has 0 unspecified atom stereocenters. The highest BCUT2D eigenvalue weighted by molar-refractivity contribution is 5.96. The summed E-state index contributed by atoms with van der Waals surface area (Å²) in [5, 5.41) is 10.6. The predicted octanol–water partition coefficient (Wildman–Crippen LogP) is 4.45. The molecule has 4 N–H and O–H groups in total. The Bertz CT molecular complexity index is 1920. The van der Waals surface area contributed by atoms with Crippen LogP contribution >= 0.6 is 0 Å². The smallest absolute Gasteiger partial charge is 0.197 e. The van der Waals surface area contributed by atoms with Crippen molar-refractivity contribution >= 4 is 39.0 Å². The molecule has 0 aliphatic heterocycles. The zero-order chi connectivity index (χ0) is 24.7. The van der Waals surface area contributed by atoms with Gasteiger partial charge in [0.25, 0.3) is 0 Å². The summed E-state index contributed by atoms with van der Waals surface area (Å²) in [5.74, 6) is 1.72. The maximum atomic E-state index is 14.2. The van der Waals surface area contributed by atoms with Crippen LogP contribution in [0, 0.1) is 0 Å². The van der Waals surface area contributed by atoms with Crippen molar-refractivity contribution in [2.75, 3.05) is 11.5 Å². The number of anilines is 2. The highest BCUT2D eigenvalue weighted by atomic mass is 16.1. The summed E-state index contributed by atoms with van der Waals surface area (Å²) < 4.78 is 5.36. The Balaban J connectivity index is 1.54. The topological polar surface area (TPSA) is 109 Å².